The van der Waals surface area contributed by atoms with Gasteiger partial charge in [-0.3, -0.25) is 4.79 Å². The number of fused-ring (bicyclic) bond motifs is 5. The second-order valence-corrected chi connectivity index (χ2v) is 6.94. The lowest BCUT2D eigenvalue weighted by molar-refractivity contribution is -0.118. The van der Waals surface area contributed by atoms with Crippen LogP contribution in [0.1, 0.15) is 31.7 Å². The lowest BCUT2D eigenvalue weighted by Crippen LogP contribution is -2.20. The molecule has 3 nitrogen and oxygen atoms in total. The van der Waals surface area contributed by atoms with Crippen LogP contribution in [-0.4, -0.2) is 12.5 Å². The van der Waals surface area contributed by atoms with Crippen LogP contribution in [0.25, 0.3) is 0 Å². The third kappa shape index (κ3) is 2.55. The predicted octanol–water partition coefficient (Wildman–Crippen LogP) is 3.45. The van der Waals surface area contributed by atoms with E-state index in [9.17, 15) is 4.79 Å². The van der Waals surface area contributed by atoms with Gasteiger partial charge in [0.2, 0.25) is 5.91 Å². The molecule has 0 aromatic heterocycles. The van der Waals surface area contributed by atoms with Gasteiger partial charge in [-0.1, -0.05) is 25.1 Å². The van der Waals surface area contributed by atoms with Crippen LogP contribution < -0.4 is 10.6 Å². The van der Waals surface area contributed by atoms with Crippen molar-refractivity contribution in [3.05, 3.63) is 29.8 Å². The number of rotatable bonds is 5. The lowest BCUT2D eigenvalue weighted by Gasteiger charge is -2.13. The summed E-state index contributed by atoms with van der Waals surface area (Å²) >= 11 is 0. The molecule has 1 amide bonds. The molecule has 22 heavy (non-hydrogen) atoms. The maximum atomic E-state index is 12.6. The molecule has 0 aliphatic heterocycles. The van der Waals surface area contributed by atoms with Gasteiger partial charge in [0.05, 0.1) is 0 Å². The first-order chi connectivity index (χ1) is 10.3. The van der Waals surface area contributed by atoms with E-state index in [4.69, 9.17) is 0 Å². The first kappa shape index (κ1) is 15.8. The van der Waals surface area contributed by atoms with Gasteiger partial charge in [-0.25, -0.2) is 0 Å². The molecule has 4 heteroatoms. The van der Waals surface area contributed by atoms with E-state index in [2.05, 4.69) is 23.6 Å². The van der Waals surface area contributed by atoms with Gasteiger partial charge in [0.1, 0.15) is 0 Å². The summed E-state index contributed by atoms with van der Waals surface area (Å²) in [5.41, 5.74) is 2.17. The van der Waals surface area contributed by atoms with Crippen LogP contribution in [0.4, 0.5) is 5.69 Å². The van der Waals surface area contributed by atoms with E-state index in [0.717, 1.165) is 30.6 Å². The Morgan fingerprint density at radius 1 is 1.18 bits per heavy atom. The summed E-state index contributed by atoms with van der Waals surface area (Å²) < 4.78 is 0. The van der Waals surface area contributed by atoms with Gasteiger partial charge in [-0.2, -0.15) is 0 Å². The van der Waals surface area contributed by atoms with Crippen LogP contribution in [-0.2, 0) is 11.3 Å². The Morgan fingerprint density at radius 3 is 2.55 bits per heavy atom. The van der Waals surface area contributed by atoms with E-state index in [1.165, 1.54) is 24.8 Å². The SMILES string of the molecule is CCNCc1ccccc1NC(=O)C1C2C3CCC(C3)C12.Cl. The van der Waals surface area contributed by atoms with Crippen molar-refractivity contribution < 1.29 is 4.79 Å². The third-order valence-electron chi connectivity index (χ3n) is 5.88. The molecule has 120 valence electrons. The molecule has 3 fully saturated rings. The lowest BCUT2D eigenvalue weighted by atomic mass is 10.0. The van der Waals surface area contributed by atoms with Gasteiger partial charge >= 0.3 is 0 Å². The number of hydrogen-bond donors (Lipinski definition) is 2. The third-order valence-corrected chi connectivity index (χ3v) is 5.88. The number of nitrogens with one attached hydrogen (secondary N) is 2. The molecule has 3 aliphatic carbocycles. The van der Waals surface area contributed by atoms with E-state index >= 15 is 0 Å². The van der Waals surface area contributed by atoms with Crippen molar-refractivity contribution in [1.82, 2.24) is 5.32 Å². The molecular weight excluding hydrogens is 296 g/mol. The minimum Gasteiger partial charge on any atom is -0.326 e. The first-order valence-corrected chi connectivity index (χ1v) is 8.39. The summed E-state index contributed by atoms with van der Waals surface area (Å²) in [5, 5.41) is 6.54. The molecular formula is C18H25ClN2O. The van der Waals surface area contributed by atoms with Gasteiger partial charge in [0.15, 0.2) is 0 Å². The maximum Gasteiger partial charge on any atom is 0.228 e. The molecule has 4 rings (SSSR count). The van der Waals surface area contributed by atoms with Crippen LogP contribution >= 0.6 is 12.4 Å². The first-order valence-electron chi connectivity index (χ1n) is 8.39. The Hall–Kier alpha value is -1.06. The number of amides is 1. The van der Waals surface area contributed by atoms with Crippen LogP contribution in [0.2, 0.25) is 0 Å². The summed E-state index contributed by atoms with van der Waals surface area (Å²) in [6, 6.07) is 8.16. The van der Waals surface area contributed by atoms with E-state index in [1.54, 1.807) is 0 Å². The molecule has 1 aromatic rings. The second-order valence-electron chi connectivity index (χ2n) is 6.94. The van der Waals surface area contributed by atoms with Crippen molar-refractivity contribution in [2.45, 2.75) is 32.7 Å². The standard InChI is InChI=1S/C18H24N2O.ClH/c1-2-19-10-13-5-3-4-6-14(13)20-18(21)17-15-11-7-8-12(9-11)16(15)17;/h3-6,11-12,15-17,19H,2,7-10H2,1H3,(H,20,21);1H. The van der Waals surface area contributed by atoms with Crippen molar-refractivity contribution in [1.29, 1.82) is 0 Å². The smallest absolute Gasteiger partial charge is 0.228 e. The monoisotopic (exact) mass is 320 g/mol. The van der Waals surface area contributed by atoms with Gasteiger partial charge in [0.25, 0.3) is 0 Å². The molecule has 3 saturated carbocycles. The molecule has 0 saturated heterocycles. The topological polar surface area (TPSA) is 41.1 Å². The Kier molecular flexibility index (Phi) is 4.47. The molecule has 4 atom stereocenters. The average Bonchev–Trinajstić information content (AvgIpc) is 2.95. The average molecular weight is 321 g/mol. The molecule has 2 N–H and O–H groups in total. The Bertz CT molecular complexity index is 546. The summed E-state index contributed by atoms with van der Waals surface area (Å²) in [7, 11) is 0. The normalized spacial score (nSPS) is 34.0. The second kappa shape index (κ2) is 6.21. The quantitative estimate of drug-likeness (QED) is 0.872. The zero-order chi connectivity index (χ0) is 14.4. The van der Waals surface area contributed by atoms with Crippen LogP contribution in [0.3, 0.4) is 0 Å². The Labute approximate surface area is 138 Å². The highest BCUT2D eigenvalue weighted by atomic mass is 35.5. The number of carbonyl (C=O) groups is 1. The fourth-order valence-electron chi connectivity index (χ4n) is 4.95. The maximum absolute atomic E-state index is 12.6. The van der Waals surface area contributed by atoms with Crippen molar-refractivity contribution in [2.75, 3.05) is 11.9 Å². The highest BCUT2D eigenvalue weighted by Crippen LogP contribution is 2.69. The minimum absolute atomic E-state index is 0. The number of benzene rings is 1. The number of carbonyl (C=O) groups excluding carboxylic acids is 1. The molecule has 0 radical (unpaired) electrons. The zero-order valence-corrected chi connectivity index (χ0v) is 13.9. The van der Waals surface area contributed by atoms with Crippen molar-refractivity contribution >= 4 is 24.0 Å². The Morgan fingerprint density at radius 2 is 1.86 bits per heavy atom. The van der Waals surface area contributed by atoms with Crippen LogP contribution in [0.5, 0.6) is 0 Å². The minimum atomic E-state index is 0. The molecule has 2 bridgehead atoms. The highest BCUT2D eigenvalue weighted by molar-refractivity contribution is 5.95. The van der Waals surface area contributed by atoms with Gasteiger partial charge < -0.3 is 10.6 Å². The van der Waals surface area contributed by atoms with E-state index in [-0.39, 0.29) is 18.3 Å². The fraction of sp³-hybridized carbons (Fsp3) is 0.611. The number of hydrogen-bond acceptors (Lipinski definition) is 2. The summed E-state index contributed by atoms with van der Waals surface area (Å²) in [6.07, 6.45) is 4.13. The molecule has 0 spiro atoms. The van der Waals surface area contributed by atoms with Crippen LogP contribution in [0.15, 0.2) is 24.3 Å². The van der Waals surface area contributed by atoms with Gasteiger partial charge in [-0.15, -0.1) is 12.4 Å². The number of para-hydroxylation sites is 1. The van der Waals surface area contributed by atoms with Crippen molar-refractivity contribution in [2.24, 2.45) is 29.6 Å². The summed E-state index contributed by atoms with van der Waals surface area (Å²) in [6.45, 7) is 3.86. The van der Waals surface area contributed by atoms with Gasteiger partial charge in [-0.05, 0) is 61.1 Å². The summed E-state index contributed by atoms with van der Waals surface area (Å²) in [5.74, 6) is 3.71. The van der Waals surface area contributed by atoms with E-state index < -0.39 is 0 Å². The van der Waals surface area contributed by atoms with Crippen molar-refractivity contribution in [3.63, 3.8) is 0 Å². The zero-order valence-electron chi connectivity index (χ0n) is 13.0. The van der Waals surface area contributed by atoms with Gasteiger partial charge in [0, 0.05) is 18.2 Å². The molecule has 3 aliphatic rings. The largest absolute Gasteiger partial charge is 0.326 e. The predicted molar refractivity (Wildman–Crippen MR) is 91.0 cm³/mol. The highest BCUT2D eigenvalue weighted by Gasteiger charge is 2.67. The van der Waals surface area contributed by atoms with E-state index in [0.29, 0.717) is 17.8 Å². The number of halogens is 1. The van der Waals surface area contributed by atoms with Crippen LogP contribution in [0, 0.1) is 29.6 Å². The molecule has 1 aromatic carbocycles. The Balaban J connectivity index is 0.00000144. The summed E-state index contributed by atoms with van der Waals surface area (Å²) in [4.78, 5) is 12.6. The number of anilines is 1. The molecule has 4 unspecified atom stereocenters. The van der Waals surface area contributed by atoms with E-state index in [1.807, 2.05) is 18.2 Å². The van der Waals surface area contributed by atoms with Crippen molar-refractivity contribution in [3.8, 4) is 0 Å². The molecule has 0 heterocycles. The fourth-order valence-corrected chi connectivity index (χ4v) is 4.95.